The number of fused-ring (bicyclic) bond motifs is 1. The number of methoxy groups -OCH3 is 1. The molecule has 0 aliphatic heterocycles. The van der Waals surface area contributed by atoms with Crippen LogP contribution in [-0.2, 0) is 16.1 Å². The van der Waals surface area contributed by atoms with Crippen LogP contribution in [0.2, 0.25) is 0 Å². The molecular formula is C21H18O7. The van der Waals surface area contributed by atoms with Crippen LogP contribution in [0.4, 0.5) is 0 Å². The second-order valence-electron chi connectivity index (χ2n) is 5.99. The second kappa shape index (κ2) is 8.39. The Morgan fingerprint density at radius 3 is 2.57 bits per heavy atom. The van der Waals surface area contributed by atoms with Crippen molar-refractivity contribution >= 4 is 22.7 Å². The fourth-order valence-electron chi connectivity index (χ4n) is 2.58. The van der Waals surface area contributed by atoms with E-state index in [0.29, 0.717) is 28.2 Å². The van der Waals surface area contributed by atoms with E-state index in [9.17, 15) is 14.4 Å². The third-order valence-corrected chi connectivity index (χ3v) is 4.03. The van der Waals surface area contributed by atoms with Crippen molar-refractivity contribution in [2.75, 3.05) is 13.7 Å². The van der Waals surface area contributed by atoms with Crippen LogP contribution in [-0.4, -0.2) is 25.5 Å². The fraction of sp³-hybridized carbons (Fsp3) is 0.190. The molecule has 3 aromatic rings. The van der Waals surface area contributed by atoms with Gasteiger partial charge in [-0.3, -0.25) is 4.79 Å². The van der Waals surface area contributed by atoms with Crippen molar-refractivity contribution in [1.82, 2.24) is 0 Å². The monoisotopic (exact) mass is 382 g/mol. The van der Waals surface area contributed by atoms with Gasteiger partial charge in [0.1, 0.15) is 23.7 Å². The SMILES string of the molecule is COc1ccc(C(C)=O)cc1COC(=O)COc1ccc2ccc(=O)oc2c1. The summed E-state index contributed by atoms with van der Waals surface area (Å²) in [5.74, 6) is 0.199. The van der Waals surface area contributed by atoms with E-state index in [4.69, 9.17) is 18.6 Å². The topological polar surface area (TPSA) is 92.0 Å². The van der Waals surface area contributed by atoms with Gasteiger partial charge >= 0.3 is 11.6 Å². The maximum Gasteiger partial charge on any atom is 0.344 e. The van der Waals surface area contributed by atoms with Gasteiger partial charge in [0.2, 0.25) is 0 Å². The number of carbonyl (C=O) groups is 2. The zero-order valence-electron chi connectivity index (χ0n) is 15.4. The molecule has 0 N–H and O–H groups in total. The molecule has 3 rings (SSSR count). The molecule has 144 valence electrons. The first-order valence-electron chi connectivity index (χ1n) is 8.46. The maximum absolute atomic E-state index is 12.0. The summed E-state index contributed by atoms with van der Waals surface area (Å²) in [6, 6.07) is 12.8. The van der Waals surface area contributed by atoms with Gasteiger partial charge in [-0.25, -0.2) is 9.59 Å². The molecular weight excluding hydrogens is 364 g/mol. The van der Waals surface area contributed by atoms with Crippen LogP contribution in [0.5, 0.6) is 11.5 Å². The van der Waals surface area contributed by atoms with Crippen LogP contribution in [0.15, 0.2) is 57.7 Å². The average Bonchev–Trinajstić information content (AvgIpc) is 2.69. The number of benzene rings is 2. The Bertz CT molecular complexity index is 1080. The van der Waals surface area contributed by atoms with E-state index in [1.807, 2.05) is 0 Å². The molecule has 0 spiro atoms. The predicted molar refractivity (Wildman–Crippen MR) is 101 cm³/mol. The van der Waals surface area contributed by atoms with Crippen molar-refractivity contribution in [3.05, 3.63) is 70.1 Å². The van der Waals surface area contributed by atoms with Crippen LogP contribution in [0.25, 0.3) is 11.0 Å². The summed E-state index contributed by atoms with van der Waals surface area (Å²) in [5.41, 5.74) is 0.978. The molecule has 1 heterocycles. The first kappa shape index (κ1) is 19.2. The molecule has 0 saturated heterocycles. The lowest BCUT2D eigenvalue weighted by atomic mass is 10.1. The lowest BCUT2D eigenvalue weighted by Crippen LogP contribution is -2.15. The maximum atomic E-state index is 12.0. The van der Waals surface area contributed by atoms with E-state index >= 15 is 0 Å². The summed E-state index contributed by atoms with van der Waals surface area (Å²) < 4.78 is 20.9. The molecule has 0 fully saturated rings. The molecule has 2 aromatic carbocycles. The lowest BCUT2D eigenvalue weighted by molar-refractivity contribution is -0.147. The summed E-state index contributed by atoms with van der Waals surface area (Å²) in [5, 5.41) is 0.743. The number of ketones is 1. The van der Waals surface area contributed by atoms with Crippen molar-refractivity contribution in [1.29, 1.82) is 0 Å². The fourth-order valence-corrected chi connectivity index (χ4v) is 2.58. The Balaban J connectivity index is 1.61. The second-order valence-corrected chi connectivity index (χ2v) is 5.99. The van der Waals surface area contributed by atoms with Crippen LogP contribution in [0.3, 0.4) is 0 Å². The van der Waals surface area contributed by atoms with Gasteiger partial charge < -0.3 is 18.6 Å². The summed E-state index contributed by atoms with van der Waals surface area (Å²) in [6.07, 6.45) is 0. The van der Waals surface area contributed by atoms with E-state index in [1.54, 1.807) is 36.4 Å². The van der Waals surface area contributed by atoms with Gasteiger partial charge in [0.15, 0.2) is 12.4 Å². The standard InChI is InChI=1S/C21H18O7/c1-13(22)15-4-7-18(25-2)16(9-15)11-27-21(24)12-26-17-6-3-14-5-8-20(23)28-19(14)10-17/h3-10H,11-12H2,1-2H3. The lowest BCUT2D eigenvalue weighted by Gasteiger charge is -2.11. The Morgan fingerprint density at radius 2 is 1.82 bits per heavy atom. The van der Waals surface area contributed by atoms with Gasteiger partial charge in [0.25, 0.3) is 0 Å². The van der Waals surface area contributed by atoms with Crippen molar-refractivity contribution < 1.29 is 28.2 Å². The van der Waals surface area contributed by atoms with Crippen LogP contribution < -0.4 is 15.1 Å². The molecule has 0 bridgehead atoms. The highest BCUT2D eigenvalue weighted by Crippen LogP contribution is 2.22. The Labute approximate surface area is 160 Å². The van der Waals surface area contributed by atoms with E-state index in [0.717, 1.165) is 5.39 Å². The number of ether oxygens (including phenoxy) is 3. The normalized spacial score (nSPS) is 10.5. The number of hydrogen-bond acceptors (Lipinski definition) is 7. The van der Waals surface area contributed by atoms with Crippen molar-refractivity contribution in [3.63, 3.8) is 0 Å². The summed E-state index contributed by atoms with van der Waals surface area (Å²) in [4.78, 5) is 34.8. The number of esters is 1. The number of carbonyl (C=O) groups excluding carboxylic acids is 2. The number of rotatable bonds is 7. The Kier molecular flexibility index (Phi) is 5.74. The molecule has 1 aromatic heterocycles. The smallest absolute Gasteiger partial charge is 0.344 e. The predicted octanol–water partition coefficient (Wildman–Crippen LogP) is 3.13. The average molecular weight is 382 g/mol. The highest BCUT2D eigenvalue weighted by molar-refractivity contribution is 5.94. The largest absolute Gasteiger partial charge is 0.496 e. The minimum absolute atomic E-state index is 0.0565. The van der Waals surface area contributed by atoms with Gasteiger partial charge in [0.05, 0.1) is 7.11 Å². The van der Waals surface area contributed by atoms with Crippen molar-refractivity contribution in [3.8, 4) is 11.5 Å². The molecule has 0 radical (unpaired) electrons. The minimum Gasteiger partial charge on any atom is -0.496 e. The van der Waals surface area contributed by atoms with Crippen LogP contribution in [0, 0.1) is 0 Å². The Morgan fingerprint density at radius 1 is 1.04 bits per heavy atom. The van der Waals surface area contributed by atoms with Crippen molar-refractivity contribution in [2.24, 2.45) is 0 Å². The number of hydrogen-bond donors (Lipinski definition) is 0. The third kappa shape index (κ3) is 4.56. The zero-order valence-corrected chi connectivity index (χ0v) is 15.4. The van der Waals surface area contributed by atoms with Crippen LogP contribution in [0.1, 0.15) is 22.8 Å². The first-order chi connectivity index (χ1) is 13.5. The zero-order chi connectivity index (χ0) is 20.1. The molecule has 7 nitrogen and oxygen atoms in total. The molecule has 0 aliphatic rings. The molecule has 7 heteroatoms. The first-order valence-corrected chi connectivity index (χ1v) is 8.46. The summed E-state index contributed by atoms with van der Waals surface area (Å²) >= 11 is 0. The number of Topliss-reactive ketones (excluding diaryl/α,β-unsaturated/α-hetero) is 1. The molecule has 0 saturated carbocycles. The molecule has 0 atom stereocenters. The van der Waals surface area contributed by atoms with Gasteiger partial charge in [0, 0.05) is 28.6 Å². The Hall–Kier alpha value is -3.61. The molecule has 0 aliphatic carbocycles. The van der Waals surface area contributed by atoms with E-state index in [2.05, 4.69) is 0 Å². The summed E-state index contributed by atoms with van der Waals surface area (Å²) in [6.45, 7) is 1.08. The molecule has 28 heavy (non-hydrogen) atoms. The van der Waals surface area contributed by atoms with Gasteiger partial charge in [-0.1, -0.05) is 0 Å². The van der Waals surface area contributed by atoms with Gasteiger partial charge in [-0.05, 0) is 43.3 Å². The van der Waals surface area contributed by atoms with Crippen molar-refractivity contribution in [2.45, 2.75) is 13.5 Å². The van der Waals surface area contributed by atoms with E-state index in [1.165, 1.54) is 26.2 Å². The van der Waals surface area contributed by atoms with E-state index in [-0.39, 0.29) is 19.0 Å². The minimum atomic E-state index is -0.593. The molecule has 0 amide bonds. The quantitative estimate of drug-likeness (QED) is 0.352. The van der Waals surface area contributed by atoms with Crippen LogP contribution >= 0.6 is 0 Å². The summed E-state index contributed by atoms with van der Waals surface area (Å²) in [7, 11) is 1.50. The highest BCUT2D eigenvalue weighted by Gasteiger charge is 2.11. The highest BCUT2D eigenvalue weighted by atomic mass is 16.6. The van der Waals surface area contributed by atoms with Gasteiger partial charge in [-0.2, -0.15) is 0 Å². The molecule has 0 unspecified atom stereocenters. The van der Waals surface area contributed by atoms with E-state index < -0.39 is 11.6 Å². The van der Waals surface area contributed by atoms with Gasteiger partial charge in [-0.15, -0.1) is 0 Å². The third-order valence-electron chi connectivity index (χ3n) is 4.03.